The van der Waals surface area contributed by atoms with Crippen LogP contribution in [0.25, 0.3) is 21.3 Å². The zero-order valence-corrected chi connectivity index (χ0v) is 9.50. The van der Waals surface area contributed by atoms with Gasteiger partial charge in [0.15, 0.2) is 0 Å². The van der Waals surface area contributed by atoms with Crippen molar-refractivity contribution < 1.29 is 0 Å². The molecular formula is C14H10NS. The van der Waals surface area contributed by atoms with Crippen LogP contribution >= 0.6 is 11.3 Å². The molecule has 16 heavy (non-hydrogen) atoms. The average Bonchev–Trinajstić information content (AvgIpc) is 2.70. The number of aromatic nitrogens is 1. The molecule has 1 aromatic heterocycles. The highest BCUT2D eigenvalue weighted by Gasteiger charge is 2.06. The smallest absolute Gasteiger partial charge is 0.0943 e. The second-order valence-electron chi connectivity index (χ2n) is 3.63. The number of rotatable bonds is 1. The molecule has 2 heteroatoms. The van der Waals surface area contributed by atoms with Crippen LogP contribution in [0, 0.1) is 6.92 Å². The van der Waals surface area contributed by atoms with Gasteiger partial charge in [-0.3, -0.25) is 0 Å². The molecule has 1 heterocycles. The van der Waals surface area contributed by atoms with Gasteiger partial charge in [0.1, 0.15) is 0 Å². The number of hydrogen-bond acceptors (Lipinski definition) is 2. The largest absolute Gasteiger partial charge is 0.241 e. The summed E-state index contributed by atoms with van der Waals surface area (Å²) in [7, 11) is 0. The first-order chi connectivity index (χ1) is 7.84. The maximum atomic E-state index is 4.50. The monoisotopic (exact) mass is 224 g/mol. The normalized spacial score (nSPS) is 10.8. The Bertz CT molecular complexity index is 626. The lowest BCUT2D eigenvalue weighted by molar-refractivity contribution is 1.43. The average molecular weight is 224 g/mol. The Morgan fingerprint density at radius 2 is 1.75 bits per heavy atom. The fraction of sp³-hybridized carbons (Fsp3) is 0. The molecule has 0 unspecified atom stereocenters. The summed E-state index contributed by atoms with van der Waals surface area (Å²) in [6.07, 6.45) is 0. The van der Waals surface area contributed by atoms with Gasteiger partial charge in [-0.05, 0) is 11.6 Å². The van der Waals surface area contributed by atoms with Crippen LogP contribution in [0.4, 0.5) is 0 Å². The number of benzene rings is 2. The maximum Gasteiger partial charge on any atom is 0.0943 e. The molecule has 0 aliphatic rings. The molecule has 0 fully saturated rings. The van der Waals surface area contributed by atoms with Crippen LogP contribution in [0.5, 0.6) is 0 Å². The van der Waals surface area contributed by atoms with Crippen molar-refractivity contribution in [1.29, 1.82) is 0 Å². The standard InChI is InChI=1S/C14H10NS/c1-10-15-14-12(8-5-9-13(14)16-10)11-6-3-2-4-7-11/h2-9H,1H2. The molecule has 0 N–H and O–H groups in total. The van der Waals surface area contributed by atoms with Gasteiger partial charge in [-0.1, -0.05) is 42.5 Å². The third-order valence-corrected chi connectivity index (χ3v) is 3.42. The molecule has 0 amide bonds. The molecule has 1 nitrogen and oxygen atoms in total. The summed E-state index contributed by atoms with van der Waals surface area (Å²) in [6, 6.07) is 16.6. The minimum Gasteiger partial charge on any atom is -0.241 e. The Balaban J connectivity index is 2.31. The molecule has 0 saturated carbocycles. The van der Waals surface area contributed by atoms with Gasteiger partial charge < -0.3 is 0 Å². The SMILES string of the molecule is [CH2]c1nc2c(-c3ccccc3)cccc2s1. The van der Waals surface area contributed by atoms with Crippen LogP contribution in [0.2, 0.25) is 0 Å². The predicted octanol–water partition coefficient (Wildman–Crippen LogP) is 4.15. The lowest BCUT2D eigenvalue weighted by Crippen LogP contribution is -1.79. The Labute approximate surface area is 98.4 Å². The van der Waals surface area contributed by atoms with Crippen molar-refractivity contribution >= 4 is 21.6 Å². The number of para-hydroxylation sites is 1. The summed E-state index contributed by atoms with van der Waals surface area (Å²) in [5.74, 6) is 0. The van der Waals surface area contributed by atoms with Gasteiger partial charge >= 0.3 is 0 Å². The molecule has 77 valence electrons. The zero-order chi connectivity index (χ0) is 11.0. The minimum absolute atomic E-state index is 0.874. The van der Waals surface area contributed by atoms with E-state index in [9.17, 15) is 0 Å². The molecule has 0 spiro atoms. The van der Waals surface area contributed by atoms with Crippen molar-refractivity contribution in [2.45, 2.75) is 0 Å². The first-order valence-corrected chi connectivity index (χ1v) is 5.93. The van der Waals surface area contributed by atoms with Gasteiger partial charge in [0.05, 0.1) is 15.2 Å². The van der Waals surface area contributed by atoms with Crippen molar-refractivity contribution in [3.8, 4) is 11.1 Å². The number of hydrogen-bond donors (Lipinski definition) is 0. The summed E-state index contributed by atoms with van der Waals surface area (Å²) in [6.45, 7) is 3.90. The van der Waals surface area contributed by atoms with Crippen molar-refractivity contribution in [3.05, 3.63) is 60.5 Å². The fourth-order valence-corrected chi connectivity index (χ4v) is 2.63. The molecule has 0 aliphatic carbocycles. The second-order valence-corrected chi connectivity index (χ2v) is 4.74. The number of thiazole rings is 1. The van der Waals surface area contributed by atoms with Crippen molar-refractivity contribution in [3.63, 3.8) is 0 Å². The molecule has 3 aromatic rings. The van der Waals surface area contributed by atoms with Gasteiger partial charge in [0.2, 0.25) is 0 Å². The molecule has 3 rings (SSSR count). The molecule has 0 atom stereocenters. The maximum absolute atomic E-state index is 4.50. The summed E-state index contributed by atoms with van der Waals surface area (Å²) >= 11 is 1.64. The van der Waals surface area contributed by atoms with Crippen LogP contribution in [0.3, 0.4) is 0 Å². The lowest BCUT2D eigenvalue weighted by atomic mass is 10.1. The van der Waals surface area contributed by atoms with E-state index < -0.39 is 0 Å². The molecule has 0 bridgehead atoms. The first kappa shape index (κ1) is 9.55. The first-order valence-electron chi connectivity index (χ1n) is 5.11. The number of nitrogens with zero attached hydrogens (tertiary/aromatic N) is 1. The van der Waals surface area contributed by atoms with Gasteiger partial charge in [0, 0.05) is 12.5 Å². The van der Waals surface area contributed by atoms with E-state index >= 15 is 0 Å². The van der Waals surface area contributed by atoms with Gasteiger partial charge in [0.25, 0.3) is 0 Å². The quantitative estimate of drug-likeness (QED) is 0.605. The molecule has 2 aromatic carbocycles. The second kappa shape index (κ2) is 3.72. The third kappa shape index (κ3) is 1.51. The summed E-state index contributed by atoms with van der Waals surface area (Å²) in [5, 5.41) is 0.874. The molecule has 1 radical (unpaired) electrons. The van der Waals surface area contributed by atoms with E-state index in [1.165, 1.54) is 15.8 Å². The highest BCUT2D eigenvalue weighted by Crippen LogP contribution is 2.30. The van der Waals surface area contributed by atoms with E-state index in [-0.39, 0.29) is 0 Å². The van der Waals surface area contributed by atoms with Gasteiger partial charge in [-0.25, -0.2) is 4.98 Å². The van der Waals surface area contributed by atoms with E-state index in [0.717, 1.165) is 10.5 Å². The van der Waals surface area contributed by atoms with Gasteiger partial charge in [-0.2, -0.15) is 0 Å². The van der Waals surface area contributed by atoms with Crippen LogP contribution in [-0.2, 0) is 0 Å². The van der Waals surface area contributed by atoms with E-state index in [1.54, 1.807) is 11.3 Å². The topological polar surface area (TPSA) is 12.9 Å². The minimum atomic E-state index is 0.874. The van der Waals surface area contributed by atoms with Crippen LogP contribution in [-0.4, -0.2) is 4.98 Å². The summed E-state index contributed by atoms with van der Waals surface area (Å²) < 4.78 is 1.20. The van der Waals surface area contributed by atoms with Crippen molar-refractivity contribution in [2.75, 3.05) is 0 Å². The Morgan fingerprint density at radius 3 is 2.56 bits per heavy atom. The van der Waals surface area contributed by atoms with Crippen LogP contribution in [0.15, 0.2) is 48.5 Å². The highest BCUT2D eigenvalue weighted by atomic mass is 32.1. The lowest BCUT2D eigenvalue weighted by Gasteiger charge is -2.01. The van der Waals surface area contributed by atoms with E-state index in [4.69, 9.17) is 0 Å². The molecular weight excluding hydrogens is 214 g/mol. The summed E-state index contributed by atoms with van der Waals surface area (Å²) in [4.78, 5) is 4.50. The van der Waals surface area contributed by atoms with Crippen LogP contribution in [0.1, 0.15) is 5.01 Å². The van der Waals surface area contributed by atoms with Crippen molar-refractivity contribution in [1.82, 2.24) is 4.98 Å². The predicted molar refractivity (Wildman–Crippen MR) is 69.5 cm³/mol. The third-order valence-electron chi connectivity index (χ3n) is 2.55. The van der Waals surface area contributed by atoms with E-state index in [1.807, 2.05) is 18.2 Å². The van der Waals surface area contributed by atoms with Crippen molar-refractivity contribution in [2.24, 2.45) is 0 Å². The van der Waals surface area contributed by atoms with E-state index in [0.29, 0.717) is 0 Å². The van der Waals surface area contributed by atoms with E-state index in [2.05, 4.69) is 42.2 Å². The Hall–Kier alpha value is -1.67. The highest BCUT2D eigenvalue weighted by molar-refractivity contribution is 7.18. The van der Waals surface area contributed by atoms with Gasteiger partial charge in [-0.15, -0.1) is 11.3 Å². The number of fused-ring (bicyclic) bond motifs is 1. The molecule has 0 aliphatic heterocycles. The Kier molecular flexibility index (Phi) is 2.22. The summed E-state index contributed by atoms with van der Waals surface area (Å²) in [5.41, 5.74) is 3.45. The zero-order valence-electron chi connectivity index (χ0n) is 8.68. The molecule has 0 saturated heterocycles. The Morgan fingerprint density at radius 1 is 0.938 bits per heavy atom. The van der Waals surface area contributed by atoms with Crippen LogP contribution < -0.4 is 0 Å². The fourth-order valence-electron chi connectivity index (χ4n) is 1.85.